The highest BCUT2D eigenvalue weighted by molar-refractivity contribution is 5.40. The first-order chi connectivity index (χ1) is 12.3. The predicted molar refractivity (Wildman–Crippen MR) is 95.6 cm³/mol. The summed E-state index contributed by atoms with van der Waals surface area (Å²) in [5.74, 6) is 1.67. The molecule has 4 rings (SSSR count). The number of hydrogen-bond acceptors (Lipinski definition) is 6. The normalized spacial score (nSPS) is 15.5. The summed E-state index contributed by atoms with van der Waals surface area (Å²) < 4.78 is 1.75. The van der Waals surface area contributed by atoms with E-state index in [2.05, 4.69) is 36.1 Å². The molecule has 0 radical (unpaired) electrons. The van der Waals surface area contributed by atoms with Crippen LogP contribution in [0.15, 0.2) is 48.9 Å². The fourth-order valence-corrected chi connectivity index (χ4v) is 3.04. The van der Waals surface area contributed by atoms with Gasteiger partial charge in [-0.25, -0.2) is 4.68 Å². The average Bonchev–Trinajstić information content (AvgIpc) is 3.10. The molecule has 7 nitrogen and oxygen atoms in total. The lowest BCUT2D eigenvalue weighted by Crippen LogP contribution is -2.46. The molecular formula is C18H21N7. The molecule has 1 aliphatic heterocycles. The topological polar surface area (TPSA) is 63.0 Å². The third kappa shape index (κ3) is 3.66. The van der Waals surface area contributed by atoms with Crippen molar-refractivity contribution in [1.82, 2.24) is 29.9 Å². The summed E-state index contributed by atoms with van der Waals surface area (Å²) in [5, 5.41) is 13.1. The smallest absolute Gasteiger partial charge is 0.175 e. The van der Waals surface area contributed by atoms with Gasteiger partial charge in [0.2, 0.25) is 0 Å². The maximum Gasteiger partial charge on any atom is 0.175 e. The van der Waals surface area contributed by atoms with Gasteiger partial charge in [0.25, 0.3) is 0 Å². The summed E-state index contributed by atoms with van der Waals surface area (Å²) in [6.07, 6.45) is 5.65. The summed E-state index contributed by atoms with van der Waals surface area (Å²) in [4.78, 5) is 8.91. The van der Waals surface area contributed by atoms with Crippen molar-refractivity contribution in [2.24, 2.45) is 0 Å². The molecule has 0 aliphatic carbocycles. The largest absolute Gasteiger partial charge is 0.353 e. The predicted octanol–water partition coefficient (Wildman–Crippen LogP) is 1.69. The second-order valence-corrected chi connectivity index (χ2v) is 6.28. The summed E-state index contributed by atoms with van der Waals surface area (Å²) in [7, 11) is 0. The van der Waals surface area contributed by atoms with Gasteiger partial charge in [0.15, 0.2) is 11.6 Å². The van der Waals surface area contributed by atoms with Crippen LogP contribution in [-0.2, 0) is 6.54 Å². The van der Waals surface area contributed by atoms with Crippen molar-refractivity contribution in [2.75, 3.05) is 31.1 Å². The number of piperazine rings is 1. The lowest BCUT2D eigenvalue weighted by atomic mass is 10.2. The van der Waals surface area contributed by atoms with E-state index >= 15 is 0 Å². The van der Waals surface area contributed by atoms with E-state index in [0.29, 0.717) is 0 Å². The van der Waals surface area contributed by atoms with Gasteiger partial charge in [-0.2, -0.15) is 5.10 Å². The zero-order chi connectivity index (χ0) is 17.1. The molecule has 0 aromatic carbocycles. The van der Waals surface area contributed by atoms with Gasteiger partial charge in [0.1, 0.15) is 0 Å². The summed E-state index contributed by atoms with van der Waals surface area (Å²) >= 11 is 0. The van der Waals surface area contributed by atoms with Crippen LogP contribution in [-0.4, -0.2) is 56.0 Å². The second kappa shape index (κ2) is 6.98. The quantitative estimate of drug-likeness (QED) is 0.723. The first-order valence-electron chi connectivity index (χ1n) is 8.50. The number of aromatic nitrogens is 5. The number of aryl methyl sites for hydroxylation is 1. The molecule has 0 spiro atoms. The monoisotopic (exact) mass is 335 g/mol. The van der Waals surface area contributed by atoms with Crippen LogP contribution < -0.4 is 4.90 Å². The lowest BCUT2D eigenvalue weighted by Gasteiger charge is -2.35. The zero-order valence-electron chi connectivity index (χ0n) is 14.3. The molecule has 0 unspecified atom stereocenters. The van der Waals surface area contributed by atoms with Crippen LogP contribution in [0.3, 0.4) is 0 Å². The minimum absolute atomic E-state index is 0.743. The van der Waals surface area contributed by atoms with Gasteiger partial charge in [0.05, 0.1) is 5.69 Å². The molecule has 0 amide bonds. The zero-order valence-corrected chi connectivity index (χ0v) is 14.3. The van der Waals surface area contributed by atoms with Crippen molar-refractivity contribution in [3.8, 4) is 5.82 Å². The number of anilines is 1. The SMILES string of the molecule is Cc1ccn(-c2ccc(N3CCN(Cc4cccnc4)CC3)nn2)n1. The van der Waals surface area contributed by atoms with Gasteiger partial charge in [0, 0.05) is 51.3 Å². The third-order valence-electron chi connectivity index (χ3n) is 4.42. The Morgan fingerprint density at radius 2 is 1.76 bits per heavy atom. The Morgan fingerprint density at radius 3 is 2.40 bits per heavy atom. The van der Waals surface area contributed by atoms with Gasteiger partial charge in [-0.15, -0.1) is 10.2 Å². The van der Waals surface area contributed by atoms with E-state index in [1.807, 2.05) is 49.8 Å². The molecular weight excluding hydrogens is 314 g/mol. The number of rotatable bonds is 4. The lowest BCUT2D eigenvalue weighted by molar-refractivity contribution is 0.249. The van der Waals surface area contributed by atoms with E-state index in [4.69, 9.17) is 0 Å². The van der Waals surface area contributed by atoms with E-state index in [1.165, 1.54) is 5.56 Å². The molecule has 1 fully saturated rings. The van der Waals surface area contributed by atoms with Crippen LogP contribution in [0.5, 0.6) is 0 Å². The molecule has 25 heavy (non-hydrogen) atoms. The fraction of sp³-hybridized carbons (Fsp3) is 0.333. The minimum atomic E-state index is 0.743. The molecule has 0 saturated carbocycles. The fourth-order valence-electron chi connectivity index (χ4n) is 3.04. The van der Waals surface area contributed by atoms with Crippen LogP contribution >= 0.6 is 0 Å². The van der Waals surface area contributed by atoms with Crippen molar-refractivity contribution in [1.29, 1.82) is 0 Å². The van der Waals surface area contributed by atoms with Crippen LogP contribution in [0.4, 0.5) is 5.82 Å². The standard InChI is InChI=1S/C18H21N7/c1-15-6-8-25(22-15)18-5-4-17(20-21-18)24-11-9-23(10-12-24)14-16-3-2-7-19-13-16/h2-8,13H,9-12,14H2,1H3. The van der Waals surface area contributed by atoms with Gasteiger partial charge in [-0.3, -0.25) is 9.88 Å². The van der Waals surface area contributed by atoms with E-state index in [9.17, 15) is 0 Å². The van der Waals surface area contributed by atoms with Crippen molar-refractivity contribution in [3.63, 3.8) is 0 Å². The van der Waals surface area contributed by atoms with Crippen LogP contribution in [0, 0.1) is 6.92 Å². The second-order valence-electron chi connectivity index (χ2n) is 6.28. The highest BCUT2D eigenvalue weighted by atomic mass is 15.4. The Labute approximate surface area is 146 Å². The molecule has 0 atom stereocenters. The summed E-state index contributed by atoms with van der Waals surface area (Å²) in [6.45, 7) is 6.84. The van der Waals surface area contributed by atoms with E-state index < -0.39 is 0 Å². The van der Waals surface area contributed by atoms with Crippen LogP contribution in [0.1, 0.15) is 11.3 Å². The molecule has 3 aromatic rings. The molecule has 1 aliphatic rings. The maximum atomic E-state index is 4.38. The highest BCUT2D eigenvalue weighted by Gasteiger charge is 2.18. The van der Waals surface area contributed by atoms with E-state index in [0.717, 1.165) is 50.1 Å². The Bertz CT molecular complexity index is 805. The highest BCUT2D eigenvalue weighted by Crippen LogP contribution is 2.15. The molecule has 0 N–H and O–H groups in total. The first kappa shape index (κ1) is 15.7. The van der Waals surface area contributed by atoms with Gasteiger partial charge in [-0.1, -0.05) is 6.07 Å². The molecule has 0 bridgehead atoms. The van der Waals surface area contributed by atoms with Crippen molar-refractivity contribution in [2.45, 2.75) is 13.5 Å². The Hall–Kier alpha value is -2.80. The van der Waals surface area contributed by atoms with Crippen molar-refractivity contribution >= 4 is 5.82 Å². The molecule has 128 valence electrons. The van der Waals surface area contributed by atoms with Gasteiger partial charge >= 0.3 is 0 Å². The Morgan fingerprint density at radius 1 is 0.960 bits per heavy atom. The Kier molecular flexibility index (Phi) is 4.39. The van der Waals surface area contributed by atoms with Gasteiger partial charge < -0.3 is 4.90 Å². The van der Waals surface area contributed by atoms with E-state index in [-0.39, 0.29) is 0 Å². The Balaban J connectivity index is 1.36. The molecule has 3 aromatic heterocycles. The molecule has 4 heterocycles. The first-order valence-corrected chi connectivity index (χ1v) is 8.50. The van der Waals surface area contributed by atoms with Crippen LogP contribution in [0.2, 0.25) is 0 Å². The number of pyridine rings is 1. The van der Waals surface area contributed by atoms with E-state index in [1.54, 1.807) is 4.68 Å². The molecule has 7 heteroatoms. The number of hydrogen-bond donors (Lipinski definition) is 0. The average molecular weight is 335 g/mol. The number of nitrogens with zero attached hydrogens (tertiary/aromatic N) is 7. The third-order valence-corrected chi connectivity index (χ3v) is 4.42. The summed E-state index contributed by atoms with van der Waals surface area (Å²) in [6, 6.07) is 10.1. The van der Waals surface area contributed by atoms with Crippen molar-refractivity contribution in [3.05, 3.63) is 60.2 Å². The summed E-state index contributed by atoms with van der Waals surface area (Å²) in [5.41, 5.74) is 2.23. The van der Waals surface area contributed by atoms with Crippen LogP contribution in [0.25, 0.3) is 5.82 Å². The minimum Gasteiger partial charge on any atom is -0.353 e. The maximum absolute atomic E-state index is 4.38. The van der Waals surface area contributed by atoms with Gasteiger partial charge in [-0.05, 0) is 36.8 Å². The molecule has 1 saturated heterocycles. The van der Waals surface area contributed by atoms with Crippen molar-refractivity contribution < 1.29 is 0 Å².